The molecule has 0 N–H and O–H groups in total. The van der Waals surface area contributed by atoms with Crippen LogP contribution in [0.1, 0.15) is 40.0 Å². The molecule has 1 aliphatic heterocycles. The van der Waals surface area contributed by atoms with Gasteiger partial charge in [-0.25, -0.2) is 0 Å². The Kier molecular flexibility index (Phi) is 6.03. The van der Waals surface area contributed by atoms with E-state index in [4.69, 9.17) is 4.74 Å². The molecule has 0 saturated carbocycles. The fourth-order valence-corrected chi connectivity index (χ4v) is 2.42. The van der Waals surface area contributed by atoms with E-state index in [-0.39, 0.29) is 11.2 Å². The second-order valence-corrected chi connectivity index (χ2v) is 6.35. The molecular formula is C15H27NO2. The van der Waals surface area contributed by atoms with Crippen molar-refractivity contribution in [2.45, 2.75) is 46.1 Å². The number of carbonyl (C=O) groups is 1. The van der Waals surface area contributed by atoms with Gasteiger partial charge in [-0.15, -0.1) is 0 Å². The second kappa shape index (κ2) is 7.05. The predicted molar refractivity (Wildman–Crippen MR) is 74.7 cm³/mol. The zero-order valence-electron chi connectivity index (χ0n) is 12.2. The highest BCUT2D eigenvalue weighted by atomic mass is 16.5. The summed E-state index contributed by atoms with van der Waals surface area (Å²) in [6.07, 6.45) is 6.80. The Labute approximate surface area is 111 Å². The molecule has 0 amide bonds. The first-order valence-electron chi connectivity index (χ1n) is 6.85. The van der Waals surface area contributed by atoms with Gasteiger partial charge in [0, 0.05) is 26.1 Å². The number of rotatable bonds is 6. The maximum Gasteiger partial charge on any atom is 0.155 e. The van der Waals surface area contributed by atoms with E-state index in [1.807, 2.05) is 6.08 Å². The van der Waals surface area contributed by atoms with Crippen molar-refractivity contribution in [1.29, 1.82) is 0 Å². The molecule has 0 aromatic carbocycles. The summed E-state index contributed by atoms with van der Waals surface area (Å²) < 4.78 is 5.22. The molecule has 3 nitrogen and oxygen atoms in total. The molecule has 0 aromatic heterocycles. The number of allylic oxidation sites excluding steroid dienone is 1. The molecule has 1 heterocycles. The molecule has 0 bridgehead atoms. The van der Waals surface area contributed by atoms with E-state index in [2.05, 4.69) is 25.7 Å². The van der Waals surface area contributed by atoms with Crippen LogP contribution in [-0.2, 0) is 9.53 Å². The fourth-order valence-electron chi connectivity index (χ4n) is 2.42. The maximum atomic E-state index is 11.7. The van der Waals surface area contributed by atoms with Gasteiger partial charge < -0.3 is 4.74 Å². The summed E-state index contributed by atoms with van der Waals surface area (Å²) in [6, 6.07) is 0.525. The van der Waals surface area contributed by atoms with Gasteiger partial charge in [0.1, 0.15) is 0 Å². The van der Waals surface area contributed by atoms with E-state index in [1.54, 1.807) is 13.2 Å². The molecular weight excluding hydrogens is 226 g/mol. The van der Waals surface area contributed by atoms with Gasteiger partial charge >= 0.3 is 0 Å². The smallest absolute Gasteiger partial charge is 0.155 e. The van der Waals surface area contributed by atoms with Crippen LogP contribution in [-0.4, -0.2) is 43.5 Å². The minimum atomic E-state index is 0.0770. The normalized spacial score (nSPS) is 21.9. The summed E-state index contributed by atoms with van der Waals surface area (Å²) in [5, 5.41) is 0. The molecule has 18 heavy (non-hydrogen) atoms. The summed E-state index contributed by atoms with van der Waals surface area (Å²) in [4.78, 5) is 14.1. The van der Waals surface area contributed by atoms with Gasteiger partial charge in [0.05, 0.1) is 6.61 Å². The molecule has 1 aliphatic rings. The molecule has 3 heteroatoms. The Bertz CT molecular complexity index is 291. The molecule has 1 atom stereocenters. The molecule has 1 rings (SSSR count). The molecule has 1 unspecified atom stereocenters. The lowest BCUT2D eigenvalue weighted by molar-refractivity contribution is -0.116. The molecule has 0 aromatic rings. The molecule has 104 valence electrons. The van der Waals surface area contributed by atoms with Crippen LogP contribution in [0, 0.1) is 5.41 Å². The van der Waals surface area contributed by atoms with Crippen molar-refractivity contribution in [3.8, 4) is 0 Å². The Balaban J connectivity index is 2.33. The number of likely N-dealkylation sites (tertiary alicyclic amines) is 1. The molecule has 1 saturated heterocycles. The third-order valence-electron chi connectivity index (χ3n) is 3.21. The maximum absolute atomic E-state index is 11.7. The zero-order chi connectivity index (χ0) is 13.6. The van der Waals surface area contributed by atoms with Gasteiger partial charge in [0.15, 0.2) is 5.78 Å². The van der Waals surface area contributed by atoms with Crippen LogP contribution < -0.4 is 0 Å². The first-order valence-corrected chi connectivity index (χ1v) is 6.85. The monoisotopic (exact) mass is 253 g/mol. The number of ether oxygens (including phenoxy) is 1. The first kappa shape index (κ1) is 15.4. The van der Waals surface area contributed by atoms with E-state index in [1.165, 1.54) is 12.8 Å². The van der Waals surface area contributed by atoms with E-state index in [0.717, 1.165) is 19.7 Å². The summed E-state index contributed by atoms with van der Waals surface area (Å²) >= 11 is 0. The van der Waals surface area contributed by atoms with E-state index < -0.39 is 0 Å². The number of ketones is 1. The van der Waals surface area contributed by atoms with Crippen molar-refractivity contribution in [3.05, 3.63) is 12.2 Å². The quantitative estimate of drug-likeness (QED) is 0.682. The van der Waals surface area contributed by atoms with E-state index in [9.17, 15) is 4.79 Å². The molecule has 1 fully saturated rings. The van der Waals surface area contributed by atoms with Gasteiger partial charge in [-0.1, -0.05) is 26.8 Å². The van der Waals surface area contributed by atoms with Crippen LogP contribution in [0.2, 0.25) is 0 Å². The highest BCUT2D eigenvalue weighted by Gasteiger charge is 2.23. The topological polar surface area (TPSA) is 29.5 Å². The highest BCUT2D eigenvalue weighted by molar-refractivity contribution is 5.90. The van der Waals surface area contributed by atoms with Crippen molar-refractivity contribution >= 4 is 5.78 Å². The van der Waals surface area contributed by atoms with Crippen molar-refractivity contribution in [2.75, 3.05) is 26.8 Å². The largest absolute Gasteiger partial charge is 0.383 e. The number of nitrogens with zero attached hydrogens (tertiary/aromatic N) is 1. The van der Waals surface area contributed by atoms with Crippen molar-refractivity contribution in [2.24, 2.45) is 5.41 Å². The Hall–Kier alpha value is -0.670. The Morgan fingerprint density at radius 1 is 1.44 bits per heavy atom. The van der Waals surface area contributed by atoms with Crippen molar-refractivity contribution < 1.29 is 9.53 Å². The van der Waals surface area contributed by atoms with Crippen molar-refractivity contribution in [3.63, 3.8) is 0 Å². The summed E-state index contributed by atoms with van der Waals surface area (Å²) in [5.74, 6) is 0.227. The molecule has 0 aliphatic carbocycles. The highest BCUT2D eigenvalue weighted by Crippen LogP contribution is 2.19. The third kappa shape index (κ3) is 5.78. The second-order valence-electron chi connectivity index (χ2n) is 6.35. The van der Waals surface area contributed by atoms with Crippen LogP contribution in [0.25, 0.3) is 0 Å². The first-order chi connectivity index (χ1) is 8.42. The summed E-state index contributed by atoms with van der Waals surface area (Å²) in [5.41, 5.74) is 0.0770. The predicted octanol–water partition coefficient (Wildman–Crippen LogP) is 2.66. The Morgan fingerprint density at radius 2 is 2.17 bits per heavy atom. The van der Waals surface area contributed by atoms with Crippen LogP contribution in [0.4, 0.5) is 0 Å². The zero-order valence-corrected chi connectivity index (χ0v) is 12.2. The van der Waals surface area contributed by atoms with E-state index >= 15 is 0 Å². The van der Waals surface area contributed by atoms with Crippen LogP contribution >= 0.6 is 0 Å². The lowest BCUT2D eigenvalue weighted by Gasteiger charge is -2.22. The number of hydrogen-bond donors (Lipinski definition) is 0. The van der Waals surface area contributed by atoms with Crippen LogP contribution in [0.15, 0.2) is 12.2 Å². The standard InChI is InChI=1S/C15H27NO2/c1-15(2,3)11-14(17)8-6-10-16-9-5-7-13(16)12-18-4/h6,8,13H,5,7,9-12H2,1-4H3/b8-6+. The third-order valence-corrected chi connectivity index (χ3v) is 3.21. The van der Waals surface area contributed by atoms with Crippen LogP contribution in [0.5, 0.6) is 0 Å². The van der Waals surface area contributed by atoms with Gasteiger partial charge in [0.2, 0.25) is 0 Å². The minimum Gasteiger partial charge on any atom is -0.383 e. The minimum absolute atomic E-state index is 0.0770. The fraction of sp³-hybridized carbons (Fsp3) is 0.800. The van der Waals surface area contributed by atoms with Crippen molar-refractivity contribution in [1.82, 2.24) is 4.90 Å². The van der Waals surface area contributed by atoms with Gasteiger partial charge in [-0.05, 0) is 30.9 Å². The average molecular weight is 253 g/mol. The van der Waals surface area contributed by atoms with Gasteiger partial charge in [0.25, 0.3) is 0 Å². The van der Waals surface area contributed by atoms with E-state index in [0.29, 0.717) is 12.5 Å². The number of hydrogen-bond acceptors (Lipinski definition) is 3. The lowest BCUT2D eigenvalue weighted by atomic mass is 9.90. The van der Waals surface area contributed by atoms with Crippen LogP contribution in [0.3, 0.4) is 0 Å². The van der Waals surface area contributed by atoms with Gasteiger partial charge in [-0.3, -0.25) is 9.69 Å². The molecule has 0 radical (unpaired) electrons. The number of carbonyl (C=O) groups excluding carboxylic acids is 1. The van der Waals surface area contributed by atoms with Gasteiger partial charge in [-0.2, -0.15) is 0 Å². The summed E-state index contributed by atoms with van der Waals surface area (Å²) in [6.45, 7) is 9.05. The lowest BCUT2D eigenvalue weighted by Crippen LogP contribution is -2.33. The average Bonchev–Trinajstić information content (AvgIpc) is 2.64. The SMILES string of the molecule is COCC1CCCN1C/C=C/C(=O)CC(C)(C)C. The number of methoxy groups -OCH3 is 1. The molecule has 0 spiro atoms. The Morgan fingerprint density at radius 3 is 2.78 bits per heavy atom. The summed E-state index contributed by atoms with van der Waals surface area (Å²) in [7, 11) is 1.75.